The molecular formula is C9H12N2O2. The van der Waals surface area contributed by atoms with Gasteiger partial charge in [-0.3, -0.25) is 9.59 Å². The molecular weight excluding hydrogens is 168 g/mol. The number of carbonyl (C=O) groups excluding carboxylic acids is 2. The van der Waals surface area contributed by atoms with Crippen molar-refractivity contribution < 1.29 is 9.59 Å². The van der Waals surface area contributed by atoms with E-state index in [1.807, 2.05) is 0 Å². The standard InChI is InChI=1S/C9H12N2O2/c1-4-3-6(5(2)12)8(10)7(4)9(11)13/h3,10H2,1-2H3,(H2,11,13). The van der Waals surface area contributed by atoms with Crippen molar-refractivity contribution in [1.29, 1.82) is 0 Å². The van der Waals surface area contributed by atoms with E-state index in [0.717, 1.165) is 5.57 Å². The average molecular weight is 180 g/mol. The van der Waals surface area contributed by atoms with Gasteiger partial charge in [0.2, 0.25) is 0 Å². The highest BCUT2D eigenvalue weighted by Gasteiger charge is 2.25. The van der Waals surface area contributed by atoms with Crippen LogP contribution in [0.1, 0.15) is 20.3 Å². The van der Waals surface area contributed by atoms with Crippen LogP contribution in [0.3, 0.4) is 0 Å². The van der Waals surface area contributed by atoms with Crippen LogP contribution in [0.5, 0.6) is 0 Å². The van der Waals surface area contributed by atoms with Crippen molar-refractivity contribution in [1.82, 2.24) is 0 Å². The van der Waals surface area contributed by atoms with E-state index < -0.39 is 5.91 Å². The molecule has 0 radical (unpaired) electrons. The molecule has 70 valence electrons. The Kier molecular flexibility index (Phi) is 2.23. The number of allylic oxidation sites excluding steroid dienone is 2. The average Bonchev–Trinajstić information content (AvgIpc) is 2.26. The highest BCUT2D eigenvalue weighted by molar-refractivity contribution is 6.04. The number of primary amides is 1. The van der Waals surface area contributed by atoms with Crippen LogP contribution in [0.15, 0.2) is 22.4 Å². The largest absolute Gasteiger partial charge is 0.398 e. The number of rotatable bonds is 2. The number of Topliss-reactive ketones (excluding diaryl/α,β-unsaturated/α-hetero) is 1. The summed E-state index contributed by atoms with van der Waals surface area (Å²) in [5.74, 6) is -0.667. The zero-order valence-electron chi connectivity index (χ0n) is 7.68. The Morgan fingerprint density at radius 3 is 2.15 bits per heavy atom. The van der Waals surface area contributed by atoms with Crippen LogP contribution in [0.2, 0.25) is 0 Å². The van der Waals surface area contributed by atoms with Gasteiger partial charge in [0.1, 0.15) is 0 Å². The van der Waals surface area contributed by atoms with E-state index in [9.17, 15) is 9.59 Å². The van der Waals surface area contributed by atoms with E-state index in [1.165, 1.54) is 6.92 Å². The molecule has 0 spiro atoms. The normalized spacial score (nSPS) is 16.8. The fraction of sp³-hybridized carbons (Fsp3) is 0.333. The van der Waals surface area contributed by atoms with Crippen molar-refractivity contribution in [3.05, 3.63) is 22.4 Å². The van der Waals surface area contributed by atoms with Gasteiger partial charge in [-0.25, -0.2) is 0 Å². The lowest BCUT2D eigenvalue weighted by Gasteiger charge is -2.00. The first-order valence-electron chi connectivity index (χ1n) is 3.94. The van der Waals surface area contributed by atoms with Crippen LogP contribution >= 0.6 is 0 Å². The topological polar surface area (TPSA) is 86.2 Å². The van der Waals surface area contributed by atoms with Crippen molar-refractivity contribution in [3.63, 3.8) is 0 Å². The SMILES string of the molecule is CC(=O)C1=C(N)C(C(N)=O)=C(C)C1. The molecule has 1 aliphatic rings. The number of nitrogens with two attached hydrogens (primary N) is 2. The van der Waals surface area contributed by atoms with Crippen LogP contribution in [0.4, 0.5) is 0 Å². The van der Waals surface area contributed by atoms with Gasteiger partial charge in [-0.1, -0.05) is 5.57 Å². The third-order valence-electron chi connectivity index (χ3n) is 2.13. The maximum absolute atomic E-state index is 11.1. The Hall–Kier alpha value is -1.58. The summed E-state index contributed by atoms with van der Waals surface area (Å²) in [7, 11) is 0. The molecule has 13 heavy (non-hydrogen) atoms. The number of hydrogen-bond acceptors (Lipinski definition) is 3. The molecule has 0 aromatic heterocycles. The van der Waals surface area contributed by atoms with Gasteiger partial charge < -0.3 is 11.5 Å². The summed E-state index contributed by atoms with van der Waals surface area (Å²) in [6.07, 6.45) is 0.444. The van der Waals surface area contributed by atoms with Gasteiger partial charge in [-0.15, -0.1) is 0 Å². The molecule has 0 atom stereocenters. The molecule has 0 unspecified atom stereocenters. The van der Waals surface area contributed by atoms with Crippen LogP contribution in [0, 0.1) is 0 Å². The summed E-state index contributed by atoms with van der Waals surface area (Å²) in [5.41, 5.74) is 12.6. The Balaban J connectivity index is 3.16. The molecule has 0 aromatic rings. The van der Waals surface area contributed by atoms with Gasteiger partial charge in [0.25, 0.3) is 5.91 Å². The Morgan fingerprint density at radius 2 is 1.92 bits per heavy atom. The lowest BCUT2D eigenvalue weighted by atomic mass is 10.1. The fourth-order valence-corrected chi connectivity index (χ4v) is 1.49. The third-order valence-corrected chi connectivity index (χ3v) is 2.13. The van der Waals surface area contributed by atoms with Crippen molar-refractivity contribution >= 4 is 11.7 Å². The zero-order chi connectivity index (χ0) is 10.2. The fourth-order valence-electron chi connectivity index (χ4n) is 1.49. The first-order chi connectivity index (χ1) is 5.95. The van der Waals surface area contributed by atoms with Crippen molar-refractivity contribution in [3.8, 4) is 0 Å². The molecule has 0 aliphatic heterocycles. The highest BCUT2D eigenvalue weighted by atomic mass is 16.1. The van der Waals surface area contributed by atoms with E-state index in [4.69, 9.17) is 11.5 Å². The van der Waals surface area contributed by atoms with E-state index in [2.05, 4.69) is 0 Å². The van der Waals surface area contributed by atoms with Crippen LogP contribution in [-0.4, -0.2) is 11.7 Å². The number of ketones is 1. The summed E-state index contributed by atoms with van der Waals surface area (Å²) in [5, 5.41) is 0. The minimum absolute atomic E-state index is 0.104. The van der Waals surface area contributed by atoms with Gasteiger partial charge in [0.15, 0.2) is 5.78 Å². The molecule has 0 aromatic carbocycles. The molecule has 4 nitrogen and oxygen atoms in total. The molecule has 4 N–H and O–H groups in total. The van der Waals surface area contributed by atoms with E-state index in [1.54, 1.807) is 6.92 Å². The summed E-state index contributed by atoms with van der Waals surface area (Å²) < 4.78 is 0. The lowest BCUT2D eigenvalue weighted by Crippen LogP contribution is -2.19. The van der Waals surface area contributed by atoms with E-state index in [-0.39, 0.29) is 11.5 Å². The summed E-state index contributed by atoms with van der Waals surface area (Å²) in [6.45, 7) is 3.18. The van der Waals surface area contributed by atoms with Crippen molar-refractivity contribution in [2.24, 2.45) is 11.5 Å². The highest BCUT2D eigenvalue weighted by Crippen LogP contribution is 2.29. The third kappa shape index (κ3) is 1.47. The second-order valence-corrected chi connectivity index (χ2v) is 3.14. The number of amides is 1. The Labute approximate surface area is 76.3 Å². The summed E-state index contributed by atoms with van der Waals surface area (Å²) >= 11 is 0. The first-order valence-corrected chi connectivity index (χ1v) is 3.94. The molecule has 0 bridgehead atoms. The van der Waals surface area contributed by atoms with Gasteiger partial charge >= 0.3 is 0 Å². The van der Waals surface area contributed by atoms with Crippen LogP contribution in [0.25, 0.3) is 0 Å². The molecule has 4 heteroatoms. The second-order valence-electron chi connectivity index (χ2n) is 3.14. The minimum atomic E-state index is -0.564. The smallest absolute Gasteiger partial charge is 0.250 e. The maximum Gasteiger partial charge on any atom is 0.250 e. The van der Waals surface area contributed by atoms with E-state index in [0.29, 0.717) is 17.6 Å². The van der Waals surface area contributed by atoms with Gasteiger partial charge in [-0.2, -0.15) is 0 Å². The van der Waals surface area contributed by atoms with Gasteiger partial charge in [0, 0.05) is 5.57 Å². The zero-order valence-corrected chi connectivity index (χ0v) is 7.68. The van der Waals surface area contributed by atoms with Gasteiger partial charge in [-0.05, 0) is 20.3 Å². The Bertz CT molecular complexity index is 351. The predicted molar refractivity (Wildman–Crippen MR) is 48.4 cm³/mol. The van der Waals surface area contributed by atoms with E-state index >= 15 is 0 Å². The summed E-state index contributed by atoms with van der Waals surface area (Å²) in [6, 6.07) is 0. The lowest BCUT2D eigenvalue weighted by molar-refractivity contribution is -0.114. The van der Waals surface area contributed by atoms with Crippen LogP contribution < -0.4 is 11.5 Å². The molecule has 0 heterocycles. The minimum Gasteiger partial charge on any atom is -0.398 e. The molecule has 0 fully saturated rings. The molecule has 0 saturated carbocycles. The molecule has 0 saturated heterocycles. The maximum atomic E-state index is 11.1. The first kappa shape index (κ1) is 9.51. The number of hydrogen-bond donors (Lipinski definition) is 2. The predicted octanol–water partition coefficient (Wildman–Crippen LogP) is -0.00630. The Morgan fingerprint density at radius 1 is 1.38 bits per heavy atom. The van der Waals surface area contributed by atoms with Gasteiger partial charge in [0.05, 0.1) is 11.3 Å². The monoisotopic (exact) mass is 180 g/mol. The number of carbonyl (C=O) groups is 2. The van der Waals surface area contributed by atoms with Crippen molar-refractivity contribution in [2.75, 3.05) is 0 Å². The second kappa shape index (κ2) is 3.05. The quantitative estimate of drug-likeness (QED) is 0.626. The molecule has 1 rings (SSSR count). The molecule has 1 amide bonds. The van der Waals surface area contributed by atoms with Crippen molar-refractivity contribution in [2.45, 2.75) is 20.3 Å². The summed E-state index contributed by atoms with van der Waals surface area (Å²) in [4.78, 5) is 22.0. The molecule has 1 aliphatic carbocycles. The van der Waals surface area contributed by atoms with Crippen LogP contribution in [-0.2, 0) is 9.59 Å².